The van der Waals surface area contributed by atoms with E-state index in [9.17, 15) is 9.59 Å². The highest BCUT2D eigenvalue weighted by atomic mass is 16.5. The number of para-hydroxylation sites is 1. The summed E-state index contributed by atoms with van der Waals surface area (Å²) in [5.41, 5.74) is 2.24. The summed E-state index contributed by atoms with van der Waals surface area (Å²) in [5, 5.41) is 10.2. The average Bonchev–Trinajstić information content (AvgIpc) is 3.51. The monoisotopic (exact) mass is 420 g/mol. The number of methoxy groups -OCH3 is 2. The van der Waals surface area contributed by atoms with Gasteiger partial charge in [-0.1, -0.05) is 18.2 Å². The topological polar surface area (TPSA) is 94.5 Å². The summed E-state index contributed by atoms with van der Waals surface area (Å²) >= 11 is 0. The molecule has 160 valence electrons. The van der Waals surface area contributed by atoms with Gasteiger partial charge in [0.05, 0.1) is 32.0 Å². The van der Waals surface area contributed by atoms with Crippen molar-refractivity contribution in [1.29, 1.82) is 0 Å². The maximum atomic E-state index is 13.0. The molecular weight excluding hydrogens is 396 g/mol. The maximum absolute atomic E-state index is 13.0. The second kappa shape index (κ2) is 8.91. The minimum Gasteiger partial charge on any atom is -0.497 e. The van der Waals surface area contributed by atoms with Gasteiger partial charge in [-0.3, -0.25) is 9.59 Å². The Hall–Kier alpha value is -3.81. The fourth-order valence-electron chi connectivity index (χ4n) is 3.21. The Labute approximate surface area is 180 Å². The molecule has 31 heavy (non-hydrogen) atoms. The van der Waals surface area contributed by atoms with Crippen LogP contribution in [0.5, 0.6) is 11.5 Å². The fraction of sp³-hybridized carbons (Fsp3) is 0.261. The van der Waals surface area contributed by atoms with Crippen LogP contribution in [-0.4, -0.2) is 48.4 Å². The Bertz CT molecular complexity index is 1090. The molecular formula is C23H24N4O4. The summed E-state index contributed by atoms with van der Waals surface area (Å²) in [6.45, 7) is -0.0922. The lowest BCUT2D eigenvalue weighted by Crippen LogP contribution is -2.37. The number of hydrogen-bond donors (Lipinski definition) is 2. The van der Waals surface area contributed by atoms with Crippen molar-refractivity contribution < 1.29 is 19.1 Å². The van der Waals surface area contributed by atoms with Gasteiger partial charge in [0, 0.05) is 23.9 Å². The molecule has 4 rings (SSSR count). The fourth-order valence-corrected chi connectivity index (χ4v) is 3.21. The minimum absolute atomic E-state index is 0.0922. The Balaban J connectivity index is 1.68. The largest absolute Gasteiger partial charge is 0.497 e. The van der Waals surface area contributed by atoms with Gasteiger partial charge in [0.2, 0.25) is 5.91 Å². The van der Waals surface area contributed by atoms with Crippen molar-refractivity contribution in [2.45, 2.75) is 18.9 Å². The second-order valence-corrected chi connectivity index (χ2v) is 7.26. The standard InChI is InChI=1S/C23H24N4O4/c1-30-17-10-11-18(20(12-17)31-2)22-19(14-27(26-22)16-6-4-3-5-7-16)23(29)24-13-21(28)25-15-8-9-15/h3-7,10-12,14-15H,8-9,13H2,1-2H3,(H,24,29)(H,25,28). The first-order valence-corrected chi connectivity index (χ1v) is 10.0. The third kappa shape index (κ3) is 4.69. The molecule has 0 unspecified atom stereocenters. The molecule has 2 N–H and O–H groups in total. The van der Waals surface area contributed by atoms with E-state index in [4.69, 9.17) is 9.47 Å². The number of aromatic nitrogens is 2. The Kier molecular flexibility index (Phi) is 5.88. The van der Waals surface area contributed by atoms with Crippen LogP contribution < -0.4 is 20.1 Å². The van der Waals surface area contributed by atoms with Crippen molar-refractivity contribution in [3.63, 3.8) is 0 Å². The third-order valence-electron chi connectivity index (χ3n) is 5.00. The van der Waals surface area contributed by atoms with E-state index in [0.717, 1.165) is 18.5 Å². The molecule has 0 saturated heterocycles. The van der Waals surface area contributed by atoms with Crippen LogP contribution in [0.1, 0.15) is 23.2 Å². The van der Waals surface area contributed by atoms with Gasteiger partial charge in [0.15, 0.2) is 0 Å². The molecule has 0 aliphatic heterocycles. The van der Waals surface area contributed by atoms with Crippen LogP contribution in [-0.2, 0) is 4.79 Å². The molecule has 1 aliphatic rings. The molecule has 0 bridgehead atoms. The van der Waals surface area contributed by atoms with E-state index in [1.165, 1.54) is 0 Å². The lowest BCUT2D eigenvalue weighted by atomic mass is 10.1. The van der Waals surface area contributed by atoms with Gasteiger partial charge >= 0.3 is 0 Å². The maximum Gasteiger partial charge on any atom is 0.255 e. The van der Waals surface area contributed by atoms with Crippen molar-refractivity contribution in [1.82, 2.24) is 20.4 Å². The number of rotatable bonds is 8. The van der Waals surface area contributed by atoms with Crippen molar-refractivity contribution in [2.75, 3.05) is 20.8 Å². The van der Waals surface area contributed by atoms with Crippen LogP contribution in [0, 0.1) is 0 Å². The zero-order chi connectivity index (χ0) is 21.8. The SMILES string of the molecule is COc1ccc(-c2nn(-c3ccccc3)cc2C(=O)NCC(=O)NC2CC2)c(OC)c1. The Morgan fingerprint density at radius 3 is 2.55 bits per heavy atom. The van der Waals surface area contributed by atoms with Crippen LogP contribution in [0.2, 0.25) is 0 Å². The highest BCUT2D eigenvalue weighted by Crippen LogP contribution is 2.34. The van der Waals surface area contributed by atoms with E-state index in [1.807, 2.05) is 30.3 Å². The first kappa shape index (κ1) is 20.5. The zero-order valence-corrected chi connectivity index (χ0v) is 17.4. The van der Waals surface area contributed by atoms with Crippen molar-refractivity contribution in [2.24, 2.45) is 0 Å². The van der Waals surface area contributed by atoms with Crippen molar-refractivity contribution in [3.05, 3.63) is 60.3 Å². The number of nitrogens with zero attached hydrogens (tertiary/aromatic N) is 2. The molecule has 0 spiro atoms. The van der Waals surface area contributed by atoms with Gasteiger partial charge in [-0.05, 0) is 37.1 Å². The van der Waals surface area contributed by atoms with Gasteiger partial charge in [0.25, 0.3) is 5.91 Å². The normalized spacial score (nSPS) is 12.8. The Morgan fingerprint density at radius 2 is 1.87 bits per heavy atom. The molecule has 0 radical (unpaired) electrons. The first-order chi connectivity index (χ1) is 15.1. The van der Waals surface area contributed by atoms with Crippen LogP contribution in [0.4, 0.5) is 0 Å². The van der Waals surface area contributed by atoms with Gasteiger partial charge < -0.3 is 20.1 Å². The number of ether oxygens (including phenoxy) is 2. The summed E-state index contributed by atoms with van der Waals surface area (Å²) in [7, 11) is 3.12. The van der Waals surface area contributed by atoms with Gasteiger partial charge in [-0.25, -0.2) is 4.68 Å². The molecule has 0 atom stereocenters. The summed E-state index contributed by atoms with van der Waals surface area (Å²) in [6.07, 6.45) is 3.64. The number of carbonyl (C=O) groups is 2. The highest BCUT2D eigenvalue weighted by Gasteiger charge is 2.25. The first-order valence-electron chi connectivity index (χ1n) is 10.0. The summed E-state index contributed by atoms with van der Waals surface area (Å²) in [6, 6.07) is 15.0. The van der Waals surface area contributed by atoms with Crippen LogP contribution in [0.25, 0.3) is 16.9 Å². The Morgan fingerprint density at radius 1 is 1.10 bits per heavy atom. The smallest absolute Gasteiger partial charge is 0.255 e. The van der Waals surface area contributed by atoms with Crippen molar-refractivity contribution in [3.8, 4) is 28.4 Å². The van der Waals surface area contributed by atoms with E-state index >= 15 is 0 Å². The van der Waals surface area contributed by atoms with Crippen LogP contribution in [0.3, 0.4) is 0 Å². The molecule has 8 nitrogen and oxygen atoms in total. The molecule has 1 aliphatic carbocycles. The predicted octanol–water partition coefficient (Wildman–Crippen LogP) is 2.56. The second-order valence-electron chi connectivity index (χ2n) is 7.26. The van der Waals surface area contributed by atoms with Crippen molar-refractivity contribution >= 4 is 11.8 Å². The van der Waals surface area contributed by atoms with Gasteiger partial charge in [-0.2, -0.15) is 5.10 Å². The number of benzene rings is 2. The number of amides is 2. The lowest BCUT2D eigenvalue weighted by molar-refractivity contribution is -0.120. The minimum atomic E-state index is -0.388. The van der Waals surface area contributed by atoms with E-state index in [1.54, 1.807) is 43.3 Å². The van der Waals surface area contributed by atoms with E-state index in [-0.39, 0.29) is 24.4 Å². The molecule has 2 amide bonds. The van der Waals surface area contributed by atoms with E-state index in [2.05, 4.69) is 15.7 Å². The van der Waals surface area contributed by atoms with E-state index < -0.39 is 0 Å². The molecule has 3 aromatic rings. The van der Waals surface area contributed by atoms with Crippen LogP contribution in [0.15, 0.2) is 54.7 Å². The quantitative estimate of drug-likeness (QED) is 0.584. The number of nitrogens with one attached hydrogen (secondary N) is 2. The molecule has 1 fully saturated rings. The summed E-state index contributed by atoms with van der Waals surface area (Å²) in [4.78, 5) is 25.0. The zero-order valence-electron chi connectivity index (χ0n) is 17.4. The molecule has 2 aromatic carbocycles. The van der Waals surface area contributed by atoms with E-state index in [0.29, 0.717) is 28.3 Å². The third-order valence-corrected chi connectivity index (χ3v) is 5.00. The van der Waals surface area contributed by atoms with Gasteiger partial charge in [-0.15, -0.1) is 0 Å². The molecule has 1 heterocycles. The molecule has 1 saturated carbocycles. The van der Waals surface area contributed by atoms with Gasteiger partial charge in [0.1, 0.15) is 17.2 Å². The lowest BCUT2D eigenvalue weighted by Gasteiger charge is -2.10. The van der Waals surface area contributed by atoms with Crippen LogP contribution >= 0.6 is 0 Å². The number of hydrogen-bond acceptors (Lipinski definition) is 5. The highest BCUT2D eigenvalue weighted by molar-refractivity contribution is 6.02. The number of carbonyl (C=O) groups excluding carboxylic acids is 2. The predicted molar refractivity (Wildman–Crippen MR) is 116 cm³/mol. The molecule has 8 heteroatoms. The molecule has 1 aromatic heterocycles. The summed E-state index contributed by atoms with van der Waals surface area (Å²) in [5.74, 6) is 0.569. The summed E-state index contributed by atoms with van der Waals surface area (Å²) < 4.78 is 12.4. The average molecular weight is 420 g/mol.